The van der Waals surface area contributed by atoms with E-state index in [1.54, 1.807) is 6.07 Å². The van der Waals surface area contributed by atoms with Crippen molar-refractivity contribution in [3.8, 4) is 5.75 Å². The van der Waals surface area contributed by atoms with E-state index in [1.165, 1.54) is 0 Å². The van der Waals surface area contributed by atoms with Gasteiger partial charge in [0.2, 0.25) is 0 Å². The van der Waals surface area contributed by atoms with Crippen LogP contribution in [0, 0.1) is 0 Å². The van der Waals surface area contributed by atoms with Gasteiger partial charge in [-0.05, 0) is 37.7 Å². The SMILES string of the molecule is CCCN(CC)Cc1cc(Br)ccc1O. The molecule has 0 bridgehead atoms. The highest BCUT2D eigenvalue weighted by Gasteiger charge is 2.06. The molecule has 0 heterocycles. The topological polar surface area (TPSA) is 23.5 Å². The minimum absolute atomic E-state index is 0.382. The monoisotopic (exact) mass is 271 g/mol. The van der Waals surface area contributed by atoms with Crippen molar-refractivity contribution in [2.75, 3.05) is 13.1 Å². The van der Waals surface area contributed by atoms with Crippen LogP contribution in [0.15, 0.2) is 22.7 Å². The van der Waals surface area contributed by atoms with Gasteiger partial charge in [-0.3, -0.25) is 4.90 Å². The number of nitrogens with zero attached hydrogens (tertiary/aromatic N) is 1. The Labute approximate surface area is 100 Å². The molecule has 0 unspecified atom stereocenters. The summed E-state index contributed by atoms with van der Waals surface area (Å²) in [6.45, 7) is 7.21. The number of hydrogen-bond donors (Lipinski definition) is 1. The molecule has 0 saturated carbocycles. The number of benzene rings is 1. The number of aromatic hydroxyl groups is 1. The Balaban J connectivity index is 2.73. The fraction of sp³-hybridized carbons (Fsp3) is 0.500. The summed E-state index contributed by atoms with van der Waals surface area (Å²) in [5.74, 6) is 0.382. The van der Waals surface area contributed by atoms with Gasteiger partial charge in [0.25, 0.3) is 0 Å². The predicted octanol–water partition coefficient (Wildman–Crippen LogP) is 3.39. The first kappa shape index (κ1) is 12.5. The lowest BCUT2D eigenvalue weighted by Gasteiger charge is -2.20. The molecule has 1 rings (SSSR count). The fourth-order valence-electron chi connectivity index (χ4n) is 1.59. The first-order valence-electron chi connectivity index (χ1n) is 5.37. The molecule has 0 atom stereocenters. The molecule has 1 N–H and O–H groups in total. The number of phenolic OH excluding ortho intramolecular Hbond substituents is 1. The maximum atomic E-state index is 9.70. The molecule has 84 valence electrons. The molecule has 0 saturated heterocycles. The van der Waals surface area contributed by atoms with Crippen LogP contribution in [0.3, 0.4) is 0 Å². The van der Waals surface area contributed by atoms with Crippen LogP contribution in [0.25, 0.3) is 0 Å². The van der Waals surface area contributed by atoms with Crippen molar-refractivity contribution < 1.29 is 5.11 Å². The van der Waals surface area contributed by atoms with E-state index in [2.05, 4.69) is 34.7 Å². The van der Waals surface area contributed by atoms with Crippen LogP contribution in [0.4, 0.5) is 0 Å². The fourth-order valence-corrected chi connectivity index (χ4v) is 2.00. The van der Waals surface area contributed by atoms with Crippen LogP contribution in [-0.2, 0) is 6.54 Å². The molecule has 0 spiro atoms. The Kier molecular flexibility index (Phi) is 5.12. The quantitative estimate of drug-likeness (QED) is 0.888. The van der Waals surface area contributed by atoms with Gasteiger partial charge < -0.3 is 5.11 Å². The smallest absolute Gasteiger partial charge is 0.120 e. The third-order valence-electron chi connectivity index (χ3n) is 2.42. The number of halogens is 1. The Bertz CT molecular complexity index is 314. The number of hydrogen-bond acceptors (Lipinski definition) is 2. The van der Waals surface area contributed by atoms with Gasteiger partial charge in [-0.2, -0.15) is 0 Å². The summed E-state index contributed by atoms with van der Waals surface area (Å²) in [7, 11) is 0. The molecule has 0 aliphatic rings. The van der Waals surface area contributed by atoms with E-state index >= 15 is 0 Å². The largest absolute Gasteiger partial charge is 0.508 e. The lowest BCUT2D eigenvalue weighted by atomic mass is 10.2. The number of rotatable bonds is 5. The van der Waals surface area contributed by atoms with Crippen molar-refractivity contribution in [2.24, 2.45) is 0 Å². The van der Waals surface area contributed by atoms with Crippen LogP contribution in [0.2, 0.25) is 0 Å². The van der Waals surface area contributed by atoms with Gasteiger partial charge in [0, 0.05) is 16.6 Å². The molecule has 0 aliphatic carbocycles. The summed E-state index contributed by atoms with van der Waals surface area (Å²) in [4.78, 5) is 2.32. The van der Waals surface area contributed by atoms with Crippen LogP contribution >= 0.6 is 15.9 Å². The zero-order valence-electron chi connectivity index (χ0n) is 9.33. The van der Waals surface area contributed by atoms with E-state index in [0.717, 1.165) is 36.1 Å². The second-order valence-corrected chi connectivity index (χ2v) is 4.56. The van der Waals surface area contributed by atoms with Crippen molar-refractivity contribution in [1.29, 1.82) is 0 Å². The molecule has 3 heteroatoms. The number of phenols is 1. The summed E-state index contributed by atoms with van der Waals surface area (Å²) in [5.41, 5.74) is 0.986. The van der Waals surface area contributed by atoms with Gasteiger partial charge in [0.05, 0.1) is 0 Å². The standard InChI is InChI=1S/C12H18BrNO/c1-3-7-14(4-2)9-10-8-11(13)5-6-12(10)15/h5-6,8,15H,3-4,7,9H2,1-2H3. The Morgan fingerprint density at radius 1 is 1.33 bits per heavy atom. The van der Waals surface area contributed by atoms with Crippen molar-refractivity contribution in [2.45, 2.75) is 26.8 Å². The summed E-state index contributed by atoms with van der Waals surface area (Å²) < 4.78 is 1.02. The Morgan fingerprint density at radius 3 is 2.67 bits per heavy atom. The van der Waals surface area contributed by atoms with Gasteiger partial charge in [0.15, 0.2) is 0 Å². The molecule has 0 fully saturated rings. The summed E-state index contributed by atoms with van der Waals surface area (Å²) in [6.07, 6.45) is 1.14. The molecule has 15 heavy (non-hydrogen) atoms. The summed E-state index contributed by atoms with van der Waals surface area (Å²) in [6, 6.07) is 5.57. The molecule has 2 nitrogen and oxygen atoms in total. The molecule has 0 radical (unpaired) electrons. The van der Waals surface area contributed by atoms with Crippen molar-refractivity contribution >= 4 is 15.9 Å². The second-order valence-electron chi connectivity index (χ2n) is 3.64. The van der Waals surface area contributed by atoms with Crippen LogP contribution in [0.1, 0.15) is 25.8 Å². The molecule has 0 amide bonds. The van der Waals surface area contributed by atoms with Crippen LogP contribution in [-0.4, -0.2) is 23.1 Å². The van der Waals surface area contributed by atoms with E-state index in [4.69, 9.17) is 0 Å². The zero-order valence-corrected chi connectivity index (χ0v) is 10.9. The van der Waals surface area contributed by atoms with E-state index in [-0.39, 0.29) is 0 Å². The van der Waals surface area contributed by atoms with Gasteiger partial charge in [-0.1, -0.05) is 29.8 Å². The molecule has 0 aliphatic heterocycles. The maximum absolute atomic E-state index is 9.70. The molecule has 1 aromatic rings. The minimum Gasteiger partial charge on any atom is -0.508 e. The summed E-state index contributed by atoms with van der Waals surface area (Å²) in [5, 5.41) is 9.70. The van der Waals surface area contributed by atoms with Crippen molar-refractivity contribution in [1.82, 2.24) is 4.90 Å². The molecular weight excluding hydrogens is 254 g/mol. The molecular formula is C12H18BrNO. The highest BCUT2D eigenvalue weighted by molar-refractivity contribution is 9.10. The first-order valence-corrected chi connectivity index (χ1v) is 6.16. The first-order chi connectivity index (χ1) is 7.17. The minimum atomic E-state index is 0.382. The average molecular weight is 272 g/mol. The van der Waals surface area contributed by atoms with Gasteiger partial charge >= 0.3 is 0 Å². The highest BCUT2D eigenvalue weighted by Crippen LogP contribution is 2.23. The van der Waals surface area contributed by atoms with E-state index in [1.807, 2.05) is 12.1 Å². The maximum Gasteiger partial charge on any atom is 0.120 e. The zero-order chi connectivity index (χ0) is 11.3. The predicted molar refractivity (Wildman–Crippen MR) is 67.0 cm³/mol. The van der Waals surface area contributed by atoms with Gasteiger partial charge in [-0.25, -0.2) is 0 Å². The lowest BCUT2D eigenvalue weighted by Crippen LogP contribution is -2.23. The third kappa shape index (κ3) is 3.84. The third-order valence-corrected chi connectivity index (χ3v) is 2.92. The van der Waals surface area contributed by atoms with E-state index in [0.29, 0.717) is 5.75 Å². The lowest BCUT2D eigenvalue weighted by molar-refractivity contribution is 0.276. The van der Waals surface area contributed by atoms with E-state index in [9.17, 15) is 5.11 Å². The van der Waals surface area contributed by atoms with E-state index < -0.39 is 0 Å². The Hall–Kier alpha value is -0.540. The van der Waals surface area contributed by atoms with Crippen molar-refractivity contribution in [3.63, 3.8) is 0 Å². The molecule has 0 aromatic heterocycles. The molecule has 1 aromatic carbocycles. The Morgan fingerprint density at radius 2 is 2.07 bits per heavy atom. The average Bonchev–Trinajstić information content (AvgIpc) is 2.22. The van der Waals surface area contributed by atoms with Crippen LogP contribution in [0.5, 0.6) is 5.75 Å². The summed E-state index contributed by atoms with van der Waals surface area (Å²) >= 11 is 3.42. The second kappa shape index (κ2) is 6.13. The van der Waals surface area contributed by atoms with Gasteiger partial charge in [-0.15, -0.1) is 0 Å². The van der Waals surface area contributed by atoms with Crippen molar-refractivity contribution in [3.05, 3.63) is 28.2 Å². The highest BCUT2D eigenvalue weighted by atomic mass is 79.9. The normalized spacial score (nSPS) is 10.9. The van der Waals surface area contributed by atoms with Gasteiger partial charge in [0.1, 0.15) is 5.75 Å². The van der Waals surface area contributed by atoms with Crippen LogP contribution < -0.4 is 0 Å².